The third kappa shape index (κ3) is 5.80. The molecular formula is C10H22N2O2. The van der Waals surface area contributed by atoms with E-state index in [2.05, 4.69) is 5.32 Å². The Balaban J connectivity index is 3.95. The molecule has 2 unspecified atom stereocenters. The molecule has 4 nitrogen and oxygen atoms in total. The van der Waals surface area contributed by atoms with Gasteiger partial charge in [0.1, 0.15) is 5.60 Å². The second-order valence-electron chi connectivity index (χ2n) is 4.51. The highest BCUT2D eigenvalue weighted by molar-refractivity contribution is 5.68. The molecule has 0 bridgehead atoms. The lowest BCUT2D eigenvalue weighted by Crippen LogP contribution is -2.46. The number of ether oxygens (including phenoxy) is 1. The van der Waals surface area contributed by atoms with E-state index in [-0.39, 0.29) is 12.1 Å². The van der Waals surface area contributed by atoms with Gasteiger partial charge in [-0.1, -0.05) is 6.92 Å². The Hall–Kier alpha value is -0.770. The Bertz CT molecular complexity index is 187. The second-order valence-corrected chi connectivity index (χ2v) is 4.51. The summed E-state index contributed by atoms with van der Waals surface area (Å²) in [5.74, 6) is 0. The summed E-state index contributed by atoms with van der Waals surface area (Å²) in [5.41, 5.74) is 5.30. The Labute approximate surface area is 86.2 Å². The number of alkyl carbamates (subject to hydrolysis) is 1. The van der Waals surface area contributed by atoms with Crippen molar-refractivity contribution in [2.75, 3.05) is 0 Å². The summed E-state index contributed by atoms with van der Waals surface area (Å²) >= 11 is 0. The third-order valence-corrected chi connectivity index (χ3v) is 1.86. The van der Waals surface area contributed by atoms with Crippen LogP contribution in [0.5, 0.6) is 0 Å². The first-order valence-electron chi connectivity index (χ1n) is 5.01. The maximum absolute atomic E-state index is 11.3. The smallest absolute Gasteiger partial charge is 0.407 e. The number of nitrogens with two attached hydrogens (primary N) is 1. The summed E-state index contributed by atoms with van der Waals surface area (Å²) in [4.78, 5) is 11.3. The van der Waals surface area contributed by atoms with Crippen molar-refractivity contribution in [3.05, 3.63) is 0 Å². The van der Waals surface area contributed by atoms with Gasteiger partial charge in [-0.05, 0) is 34.1 Å². The summed E-state index contributed by atoms with van der Waals surface area (Å²) in [5, 5.41) is 2.70. The van der Waals surface area contributed by atoms with Gasteiger partial charge >= 0.3 is 6.09 Å². The third-order valence-electron chi connectivity index (χ3n) is 1.86. The normalized spacial score (nSPS) is 15.9. The fourth-order valence-corrected chi connectivity index (χ4v) is 0.954. The number of hydrogen-bond acceptors (Lipinski definition) is 3. The van der Waals surface area contributed by atoms with Crippen LogP contribution in [0, 0.1) is 0 Å². The molecule has 0 aromatic rings. The maximum Gasteiger partial charge on any atom is 0.407 e. The van der Waals surface area contributed by atoms with Crippen molar-refractivity contribution >= 4 is 6.09 Å². The van der Waals surface area contributed by atoms with Gasteiger partial charge in [-0.25, -0.2) is 4.79 Å². The molecule has 0 aromatic heterocycles. The van der Waals surface area contributed by atoms with Gasteiger partial charge in [0.2, 0.25) is 0 Å². The largest absolute Gasteiger partial charge is 0.444 e. The Morgan fingerprint density at radius 2 is 2.00 bits per heavy atom. The molecule has 4 heteroatoms. The van der Waals surface area contributed by atoms with Gasteiger partial charge < -0.3 is 15.8 Å². The number of amides is 1. The molecule has 1 amide bonds. The zero-order chi connectivity index (χ0) is 11.4. The molecule has 0 radical (unpaired) electrons. The number of hydrogen-bond donors (Lipinski definition) is 2. The van der Waals surface area contributed by atoms with E-state index in [1.54, 1.807) is 0 Å². The first-order valence-corrected chi connectivity index (χ1v) is 5.01. The Morgan fingerprint density at radius 1 is 1.50 bits per heavy atom. The van der Waals surface area contributed by atoms with Crippen molar-refractivity contribution in [2.24, 2.45) is 5.73 Å². The van der Waals surface area contributed by atoms with Crippen molar-refractivity contribution in [2.45, 2.75) is 58.7 Å². The molecule has 0 aliphatic rings. The minimum atomic E-state index is -0.458. The average Bonchev–Trinajstić information content (AvgIpc) is 1.99. The van der Waals surface area contributed by atoms with Gasteiger partial charge in [-0.2, -0.15) is 0 Å². The van der Waals surface area contributed by atoms with E-state index in [4.69, 9.17) is 10.5 Å². The van der Waals surface area contributed by atoms with Crippen LogP contribution in [-0.2, 0) is 4.74 Å². The fraction of sp³-hybridized carbons (Fsp3) is 0.900. The van der Waals surface area contributed by atoms with Gasteiger partial charge in [0.25, 0.3) is 0 Å². The molecule has 0 saturated heterocycles. The van der Waals surface area contributed by atoms with E-state index in [1.165, 1.54) is 0 Å². The average molecular weight is 202 g/mol. The number of nitrogens with one attached hydrogen (secondary N) is 1. The van der Waals surface area contributed by atoms with Crippen LogP contribution in [0.2, 0.25) is 0 Å². The molecular weight excluding hydrogens is 180 g/mol. The molecule has 84 valence electrons. The van der Waals surface area contributed by atoms with E-state index in [0.29, 0.717) is 0 Å². The van der Waals surface area contributed by atoms with Crippen molar-refractivity contribution < 1.29 is 9.53 Å². The standard InChI is InChI=1S/C10H22N2O2/c1-6-8(11)7(2)12-9(13)14-10(3,4)5/h7-8H,6,11H2,1-5H3,(H,12,13). The molecule has 14 heavy (non-hydrogen) atoms. The molecule has 0 saturated carbocycles. The number of carbonyl (C=O) groups is 1. The van der Waals surface area contributed by atoms with Crippen LogP contribution < -0.4 is 11.1 Å². The molecule has 0 heterocycles. The van der Waals surface area contributed by atoms with Crippen LogP contribution in [-0.4, -0.2) is 23.8 Å². The molecule has 3 N–H and O–H groups in total. The zero-order valence-corrected chi connectivity index (χ0v) is 9.76. The van der Waals surface area contributed by atoms with E-state index in [0.717, 1.165) is 6.42 Å². The predicted molar refractivity (Wildman–Crippen MR) is 57.1 cm³/mol. The molecule has 0 rings (SSSR count). The van der Waals surface area contributed by atoms with Crippen LogP contribution in [0.1, 0.15) is 41.0 Å². The quantitative estimate of drug-likeness (QED) is 0.731. The lowest BCUT2D eigenvalue weighted by molar-refractivity contribution is 0.0501. The highest BCUT2D eigenvalue weighted by Gasteiger charge is 2.19. The van der Waals surface area contributed by atoms with Crippen molar-refractivity contribution in [1.29, 1.82) is 0 Å². The molecule has 0 spiro atoms. The first kappa shape index (κ1) is 13.2. The van der Waals surface area contributed by atoms with Crippen LogP contribution >= 0.6 is 0 Å². The SMILES string of the molecule is CCC(N)C(C)NC(=O)OC(C)(C)C. The first-order chi connectivity index (χ1) is 6.26. The Morgan fingerprint density at radius 3 is 2.36 bits per heavy atom. The van der Waals surface area contributed by atoms with Gasteiger partial charge in [0.15, 0.2) is 0 Å². The minimum absolute atomic E-state index is 0.0254. The van der Waals surface area contributed by atoms with Gasteiger partial charge in [-0.3, -0.25) is 0 Å². The summed E-state index contributed by atoms with van der Waals surface area (Å²) < 4.78 is 5.10. The van der Waals surface area contributed by atoms with Crippen molar-refractivity contribution in [1.82, 2.24) is 5.32 Å². The predicted octanol–water partition coefficient (Wildman–Crippen LogP) is 1.64. The van der Waals surface area contributed by atoms with Crippen LogP contribution in [0.4, 0.5) is 4.79 Å². The highest BCUT2D eigenvalue weighted by Crippen LogP contribution is 2.07. The van der Waals surface area contributed by atoms with E-state index >= 15 is 0 Å². The zero-order valence-electron chi connectivity index (χ0n) is 9.76. The maximum atomic E-state index is 11.3. The fourth-order valence-electron chi connectivity index (χ4n) is 0.954. The molecule has 0 aromatic carbocycles. The van der Waals surface area contributed by atoms with Gasteiger partial charge in [0.05, 0.1) is 0 Å². The van der Waals surface area contributed by atoms with E-state index in [1.807, 2.05) is 34.6 Å². The molecule has 0 aliphatic carbocycles. The van der Waals surface area contributed by atoms with E-state index < -0.39 is 11.7 Å². The Kier molecular flexibility index (Phi) is 4.91. The lowest BCUT2D eigenvalue weighted by Gasteiger charge is -2.24. The van der Waals surface area contributed by atoms with Crippen LogP contribution in [0.25, 0.3) is 0 Å². The highest BCUT2D eigenvalue weighted by atomic mass is 16.6. The van der Waals surface area contributed by atoms with Crippen molar-refractivity contribution in [3.63, 3.8) is 0 Å². The second kappa shape index (κ2) is 5.20. The van der Waals surface area contributed by atoms with Crippen molar-refractivity contribution in [3.8, 4) is 0 Å². The molecule has 0 fully saturated rings. The summed E-state index contributed by atoms with van der Waals surface area (Å²) in [7, 11) is 0. The minimum Gasteiger partial charge on any atom is -0.444 e. The van der Waals surface area contributed by atoms with Gasteiger partial charge in [-0.15, -0.1) is 0 Å². The van der Waals surface area contributed by atoms with Gasteiger partial charge in [0, 0.05) is 12.1 Å². The van der Waals surface area contributed by atoms with E-state index in [9.17, 15) is 4.79 Å². The monoisotopic (exact) mass is 202 g/mol. The van der Waals surface area contributed by atoms with Crippen LogP contribution in [0.3, 0.4) is 0 Å². The summed E-state index contributed by atoms with van der Waals surface area (Å²) in [6.45, 7) is 9.35. The molecule has 2 atom stereocenters. The summed E-state index contributed by atoms with van der Waals surface area (Å²) in [6.07, 6.45) is 0.422. The number of rotatable bonds is 3. The lowest BCUT2D eigenvalue weighted by atomic mass is 10.1. The molecule has 0 aliphatic heterocycles. The van der Waals surface area contributed by atoms with Crippen LogP contribution in [0.15, 0.2) is 0 Å². The number of carbonyl (C=O) groups excluding carboxylic acids is 1. The topological polar surface area (TPSA) is 64.3 Å². The summed E-state index contributed by atoms with van der Waals surface area (Å²) in [6, 6.07) is -0.0858.